The van der Waals surface area contributed by atoms with E-state index in [1.165, 1.54) is 17.1 Å². The second kappa shape index (κ2) is 10.9. The minimum absolute atomic E-state index is 0.358. The summed E-state index contributed by atoms with van der Waals surface area (Å²) in [5.74, 6) is 0. The van der Waals surface area contributed by atoms with Gasteiger partial charge in [0, 0.05) is 16.7 Å². The molecule has 0 saturated carbocycles. The maximum absolute atomic E-state index is 14.3. The molecule has 0 N–H and O–H groups in total. The minimum atomic E-state index is -4.23. The van der Waals surface area contributed by atoms with E-state index in [-0.39, 0.29) is 0 Å². The van der Waals surface area contributed by atoms with Crippen LogP contribution in [0.5, 0.6) is 0 Å². The van der Waals surface area contributed by atoms with Crippen LogP contribution in [0.2, 0.25) is 0 Å². The normalized spacial score (nSPS) is 24.4. The Labute approximate surface area is 232 Å². The van der Waals surface area contributed by atoms with E-state index < -0.39 is 41.9 Å². The van der Waals surface area contributed by atoms with Gasteiger partial charge >= 0.3 is 25.7 Å². The third kappa shape index (κ3) is 4.84. The lowest BCUT2D eigenvalue weighted by atomic mass is 10.1. The summed E-state index contributed by atoms with van der Waals surface area (Å²) in [5.41, 5.74) is 7.15. The van der Waals surface area contributed by atoms with E-state index in [2.05, 4.69) is 19.7 Å². The topological polar surface area (TPSA) is 78.9 Å². The summed E-state index contributed by atoms with van der Waals surface area (Å²) in [4.78, 5) is 42.8. The van der Waals surface area contributed by atoms with Gasteiger partial charge in [-0.05, 0) is 54.6 Å². The molecular formula is C30H30O6Si3. The molecule has 0 atom stereocenters. The molecule has 0 aliphatic carbocycles. The van der Waals surface area contributed by atoms with Crippen molar-refractivity contribution >= 4 is 41.9 Å². The quantitative estimate of drug-likeness (QED) is 0.305. The van der Waals surface area contributed by atoms with Crippen LogP contribution in [0.15, 0.2) is 110 Å². The molecular weight excluding hydrogens is 541 g/mol. The predicted molar refractivity (Wildman–Crippen MR) is 158 cm³/mol. The molecule has 1 heterocycles. The minimum Gasteiger partial charge on any atom is -0.399 e. The summed E-state index contributed by atoms with van der Waals surface area (Å²) >= 11 is 0. The van der Waals surface area contributed by atoms with Crippen LogP contribution >= 0.6 is 0 Å². The van der Waals surface area contributed by atoms with Gasteiger partial charge in [0.2, 0.25) is 16.2 Å². The van der Waals surface area contributed by atoms with E-state index in [4.69, 9.17) is 12.3 Å². The third-order valence-electron chi connectivity index (χ3n) is 6.83. The van der Waals surface area contributed by atoms with Gasteiger partial charge in [-0.1, -0.05) is 72.8 Å². The molecule has 0 amide bonds. The molecule has 3 aromatic carbocycles. The number of rotatable bonds is 9. The van der Waals surface area contributed by atoms with Gasteiger partial charge < -0.3 is 12.3 Å². The van der Waals surface area contributed by atoms with Crippen LogP contribution in [0.4, 0.5) is 0 Å². The summed E-state index contributed by atoms with van der Waals surface area (Å²) in [6, 6.07) is 21.0. The SMILES string of the molecule is C=C[Si]1(C(=O)c2ccccc2C)O[Si](C=C)(C(=O)c2ccccc2C)O[Si](C=C)(C(=O)c2ccccc2C)O1. The van der Waals surface area contributed by atoms with Gasteiger partial charge in [0.05, 0.1) is 0 Å². The Bertz CT molecular complexity index is 1330. The molecule has 0 bridgehead atoms. The Morgan fingerprint density at radius 2 is 0.744 bits per heavy atom. The van der Waals surface area contributed by atoms with Gasteiger partial charge in [0.1, 0.15) is 0 Å². The molecule has 0 radical (unpaired) electrons. The number of benzene rings is 3. The molecule has 0 spiro atoms. The van der Waals surface area contributed by atoms with Crippen molar-refractivity contribution in [3.63, 3.8) is 0 Å². The molecule has 1 aliphatic heterocycles. The maximum Gasteiger partial charge on any atom is 0.425 e. The number of hydrogen-bond donors (Lipinski definition) is 0. The van der Waals surface area contributed by atoms with Crippen molar-refractivity contribution in [3.8, 4) is 0 Å². The van der Waals surface area contributed by atoms with Gasteiger partial charge in [0.25, 0.3) is 0 Å². The Hall–Kier alpha value is -3.58. The summed E-state index contributed by atoms with van der Waals surface area (Å²) in [6.45, 7) is 17.2. The van der Waals surface area contributed by atoms with Crippen LogP contribution < -0.4 is 0 Å². The Balaban J connectivity index is 2.00. The molecule has 39 heavy (non-hydrogen) atoms. The summed E-state index contributed by atoms with van der Waals surface area (Å²) < 4.78 is 19.5. The van der Waals surface area contributed by atoms with E-state index in [1.807, 2.05) is 18.2 Å². The van der Waals surface area contributed by atoms with Gasteiger partial charge in [-0.25, -0.2) is 0 Å². The number of aryl methyl sites for hydroxylation is 3. The molecule has 0 aromatic heterocycles. The zero-order valence-corrected chi connectivity index (χ0v) is 25.2. The fourth-order valence-electron chi connectivity index (χ4n) is 4.59. The summed E-state index contributed by atoms with van der Waals surface area (Å²) in [7, 11) is -12.7. The molecule has 4 rings (SSSR count). The van der Waals surface area contributed by atoms with Crippen LogP contribution in [0.25, 0.3) is 0 Å². The first-order chi connectivity index (χ1) is 18.6. The Kier molecular flexibility index (Phi) is 7.94. The van der Waals surface area contributed by atoms with Crippen molar-refractivity contribution in [1.82, 2.24) is 0 Å². The van der Waals surface area contributed by atoms with Crippen LogP contribution in [0.1, 0.15) is 47.8 Å². The van der Waals surface area contributed by atoms with Crippen molar-refractivity contribution in [3.05, 3.63) is 143 Å². The number of carbonyl (C=O) groups is 3. The van der Waals surface area contributed by atoms with Crippen molar-refractivity contribution in [1.29, 1.82) is 0 Å². The number of carbonyl (C=O) groups excluding carboxylic acids is 3. The first-order valence-electron chi connectivity index (χ1n) is 12.4. The Morgan fingerprint density at radius 3 is 0.949 bits per heavy atom. The first-order valence-corrected chi connectivity index (χ1v) is 18.1. The summed E-state index contributed by atoms with van der Waals surface area (Å²) in [6.07, 6.45) is 0. The molecule has 198 valence electrons. The van der Waals surface area contributed by atoms with E-state index in [1.54, 1.807) is 75.4 Å². The molecule has 6 nitrogen and oxygen atoms in total. The smallest absolute Gasteiger partial charge is 0.399 e. The van der Waals surface area contributed by atoms with E-state index in [9.17, 15) is 14.4 Å². The lowest BCUT2D eigenvalue weighted by Crippen LogP contribution is -2.76. The zero-order chi connectivity index (χ0) is 28.4. The predicted octanol–water partition coefficient (Wildman–Crippen LogP) is 5.74. The summed E-state index contributed by atoms with van der Waals surface area (Å²) in [5, 5.41) is -1.40. The lowest BCUT2D eigenvalue weighted by molar-refractivity contribution is 0.0917. The van der Waals surface area contributed by atoms with Crippen molar-refractivity contribution in [2.45, 2.75) is 20.8 Å². The molecule has 9 heteroatoms. The molecule has 3 aromatic rings. The highest BCUT2D eigenvalue weighted by Gasteiger charge is 2.69. The highest BCUT2D eigenvalue weighted by molar-refractivity contribution is 7.24. The average Bonchev–Trinajstić information content (AvgIpc) is 2.96. The fourth-order valence-corrected chi connectivity index (χ4v) is 18.4. The van der Waals surface area contributed by atoms with Crippen LogP contribution in [-0.2, 0) is 12.3 Å². The maximum atomic E-state index is 14.3. The van der Waals surface area contributed by atoms with Crippen molar-refractivity contribution < 1.29 is 26.7 Å². The Morgan fingerprint density at radius 1 is 0.513 bits per heavy atom. The van der Waals surface area contributed by atoms with E-state index in [0.29, 0.717) is 33.4 Å². The van der Waals surface area contributed by atoms with Gasteiger partial charge in [-0.3, -0.25) is 14.4 Å². The van der Waals surface area contributed by atoms with E-state index >= 15 is 0 Å². The van der Waals surface area contributed by atoms with Gasteiger partial charge in [-0.15, -0.1) is 19.7 Å². The van der Waals surface area contributed by atoms with Crippen LogP contribution in [0, 0.1) is 20.8 Å². The highest BCUT2D eigenvalue weighted by Crippen LogP contribution is 2.38. The largest absolute Gasteiger partial charge is 0.425 e. The van der Waals surface area contributed by atoms with E-state index in [0.717, 1.165) is 0 Å². The lowest BCUT2D eigenvalue weighted by Gasteiger charge is -2.48. The van der Waals surface area contributed by atoms with Gasteiger partial charge in [-0.2, -0.15) is 0 Å². The standard InChI is InChI=1S/C30H30O6Si3/c1-7-37(28(31)25-19-13-10-16-22(25)4)34-38(8-2,29(32)26-20-14-11-17-23(26)5)36-39(9-3,35-37)30(33)27-21-15-12-18-24(27)6/h7-21H,1-3H2,4-6H3. The highest BCUT2D eigenvalue weighted by atomic mass is 28.5. The molecule has 1 aliphatic rings. The fraction of sp³-hybridized carbons (Fsp3) is 0.100. The second-order valence-electron chi connectivity index (χ2n) is 9.35. The molecule has 1 saturated heterocycles. The average molecular weight is 571 g/mol. The second-order valence-corrected chi connectivity index (χ2v) is 18.4. The zero-order valence-electron chi connectivity index (χ0n) is 22.2. The van der Waals surface area contributed by atoms with Crippen LogP contribution in [0.3, 0.4) is 0 Å². The number of hydrogen-bond acceptors (Lipinski definition) is 6. The van der Waals surface area contributed by atoms with Gasteiger partial charge in [0.15, 0.2) is 0 Å². The first kappa shape index (κ1) is 28.4. The third-order valence-corrected chi connectivity index (χ3v) is 18.4. The van der Waals surface area contributed by atoms with Crippen LogP contribution in [-0.4, -0.2) is 41.9 Å². The molecule has 0 unspecified atom stereocenters. The monoisotopic (exact) mass is 570 g/mol. The van der Waals surface area contributed by atoms with Crippen molar-refractivity contribution in [2.24, 2.45) is 0 Å². The molecule has 1 fully saturated rings. The van der Waals surface area contributed by atoms with Crippen molar-refractivity contribution in [2.75, 3.05) is 0 Å².